The van der Waals surface area contributed by atoms with Gasteiger partial charge in [-0.05, 0) is 75.1 Å². The van der Waals surface area contributed by atoms with Gasteiger partial charge in [-0.3, -0.25) is 19.4 Å². The fourth-order valence-electron chi connectivity index (χ4n) is 4.29. The van der Waals surface area contributed by atoms with Crippen molar-refractivity contribution in [3.8, 4) is 6.07 Å². The summed E-state index contributed by atoms with van der Waals surface area (Å²) in [6, 6.07) is 8.84. The van der Waals surface area contributed by atoms with Gasteiger partial charge in [-0.1, -0.05) is 0 Å². The molecule has 1 unspecified atom stereocenters. The fourth-order valence-corrected chi connectivity index (χ4v) is 4.93. The van der Waals surface area contributed by atoms with E-state index in [1.54, 1.807) is 24.8 Å². The third kappa shape index (κ3) is 5.50. The molecule has 2 aromatic rings. The van der Waals surface area contributed by atoms with E-state index in [-0.39, 0.29) is 17.2 Å². The smallest absolute Gasteiger partial charge is 0.355 e. The Kier molecular flexibility index (Phi) is 8.00. The molecule has 2 aromatic carbocycles. The number of hydrogen-bond acceptors (Lipinski definition) is 5. The molecule has 3 rings (SSSR count). The zero-order chi connectivity index (χ0) is 26.8. The van der Waals surface area contributed by atoms with Crippen molar-refractivity contribution in [1.29, 1.82) is 5.26 Å². The lowest BCUT2D eigenvalue weighted by Gasteiger charge is -2.31. The first-order chi connectivity index (χ1) is 16.8. The molecule has 1 atom stereocenters. The van der Waals surface area contributed by atoms with E-state index in [9.17, 15) is 27.2 Å². The lowest BCUT2D eigenvalue weighted by molar-refractivity contribution is -0.137. The SMILES string of the molecule is CNC(=O)c1cc(F)cc(CCCCN2C(S)N(c3ccc(C#N)c(C(F)(F)F)c3)C(=O)C2(C)C)c1. The quantitative estimate of drug-likeness (QED) is 0.313. The number of alkyl halides is 3. The lowest BCUT2D eigenvalue weighted by atomic mass is 10.0. The third-order valence-electron chi connectivity index (χ3n) is 6.24. The minimum absolute atomic E-state index is 0.00314. The fraction of sp³-hybridized carbons (Fsp3) is 0.400. The molecule has 1 fully saturated rings. The highest BCUT2D eigenvalue weighted by molar-refractivity contribution is 7.81. The molecular weight excluding hydrogens is 496 g/mol. The molecule has 0 bridgehead atoms. The number of rotatable bonds is 7. The molecule has 0 radical (unpaired) electrons. The Morgan fingerprint density at radius 3 is 2.50 bits per heavy atom. The molecule has 0 aliphatic carbocycles. The molecule has 6 nitrogen and oxygen atoms in total. The highest BCUT2D eigenvalue weighted by atomic mass is 32.1. The van der Waals surface area contributed by atoms with Crippen LogP contribution in [0.3, 0.4) is 0 Å². The molecule has 0 spiro atoms. The standard InChI is InChI=1S/C25H26F4N4O2S/c1-24(2)22(35)33(19-8-7-16(14-30)20(13-19)25(27,28)29)23(36)32(24)9-5-4-6-15-10-17(21(34)31-3)12-18(26)11-15/h7-8,10-13,23,36H,4-6,9H2,1-3H3,(H,31,34). The minimum atomic E-state index is -4.75. The number of benzene rings is 2. The van der Waals surface area contributed by atoms with Gasteiger partial charge in [0.15, 0.2) is 0 Å². The Morgan fingerprint density at radius 2 is 1.89 bits per heavy atom. The summed E-state index contributed by atoms with van der Waals surface area (Å²) in [6.45, 7) is 3.76. The molecule has 0 saturated carbocycles. The average molecular weight is 523 g/mol. The minimum Gasteiger partial charge on any atom is -0.355 e. The van der Waals surface area contributed by atoms with Crippen LogP contribution in [-0.2, 0) is 17.4 Å². The van der Waals surface area contributed by atoms with Crippen LogP contribution in [0.25, 0.3) is 0 Å². The topological polar surface area (TPSA) is 76.4 Å². The Hall–Kier alpha value is -3.10. The van der Waals surface area contributed by atoms with Crippen LogP contribution in [0.4, 0.5) is 23.2 Å². The lowest BCUT2D eigenvalue weighted by Crippen LogP contribution is -2.45. The number of nitrogens with zero attached hydrogens (tertiary/aromatic N) is 3. The zero-order valence-electron chi connectivity index (χ0n) is 20.0. The van der Waals surface area contributed by atoms with E-state index in [0.717, 1.165) is 18.2 Å². The predicted octanol–water partition coefficient (Wildman–Crippen LogP) is 4.74. The first-order valence-corrected chi connectivity index (χ1v) is 11.7. The molecule has 1 aliphatic heterocycles. The molecule has 36 heavy (non-hydrogen) atoms. The van der Waals surface area contributed by atoms with Crippen molar-refractivity contribution in [1.82, 2.24) is 10.2 Å². The summed E-state index contributed by atoms with van der Waals surface area (Å²) in [5.74, 6) is -1.31. The van der Waals surface area contributed by atoms with Crippen LogP contribution < -0.4 is 10.2 Å². The molecule has 2 amide bonds. The second-order valence-electron chi connectivity index (χ2n) is 9.00. The van der Waals surface area contributed by atoms with Crippen molar-refractivity contribution in [2.75, 3.05) is 18.5 Å². The number of carbonyl (C=O) groups excluding carboxylic acids is 2. The van der Waals surface area contributed by atoms with Crippen molar-refractivity contribution in [2.45, 2.75) is 50.3 Å². The zero-order valence-corrected chi connectivity index (χ0v) is 20.9. The van der Waals surface area contributed by atoms with E-state index < -0.39 is 40.1 Å². The van der Waals surface area contributed by atoms with E-state index in [0.29, 0.717) is 31.4 Å². The van der Waals surface area contributed by atoms with E-state index in [2.05, 4.69) is 17.9 Å². The van der Waals surface area contributed by atoms with Crippen LogP contribution in [0.2, 0.25) is 0 Å². The van der Waals surface area contributed by atoms with Crippen LogP contribution in [0.1, 0.15) is 53.7 Å². The van der Waals surface area contributed by atoms with Gasteiger partial charge in [-0.2, -0.15) is 18.4 Å². The molecule has 1 heterocycles. The molecule has 1 aliphatic rings. The second-order valence-corrected chi connectivity index (χ2v) is 9.46. The average Bonchev–Trinajstić information content (AvgIpc) is 2.98. The number of unbranched alkanes of at least 4 members (excludes halogenated alkanes) is 1. The number of anilines is 1. The van der Waals surface area contributed by atoms with Crippen molar-refractivity contribution >= 4 is 30.1 Å². The van der Waals surface area contributed by atoms with Gasteiger partial charge in [-0.25, -0.2) is 4.39 Å². The predicted molar refractivity (Wildman–Crippen MR) is 130 cm³/mol. The maximum Gasteiger partial charge on any atom is 0.417 e. The van der Waals surface area contributed by atoms with Crippen molar-refractivity contribution in [3.05, 3.63) is 64.5 Å². The van der Waals surface area contributed by atoms with E-state index in [4.69, 9.17) is 5.26 Å². The monoisotopic (exact) mass is 522 g/mol. The first-order valence-electron chi connectivity index (χ1n) is 11.2. The number of halogens is 4. The van der Waals surface area contributed by atoms with Gasteiger partial charge < -0.3 is 5.32 Å². The number of nitrogens with one attached hydrogen (secondary N) is 1. The number of hydrogen-bond donors (Lipinski definition) is 2. The van der Waals surface area contributed by atoms with E-state index in [1.807, 2.05) is 0 Å². The van der Waals surface area contributed by atoms with Crippen LogP contribution in [0.15, 0.2) is 36.4 Å². The Balaban J connectivity index is 1.74. The highest BCUT2D eigenvalue weighted by Crippen LogP contribution is 2.40. The van der Waals surface area contributed by atoms with Crippen LogP contribution in [-0.4, -0.2) is 41.3 Å². The van der Waals surface area contributed by atoms with Crippen LogP contribution >= 0.6 is 12.6 Å². The summed E-state index contributed by atoms with van der Waals surface area (Å²) in [6.07, 6.45) is -3.04. The van der Waals surface area contributed by atoms with Gasteiger partial charge in [0.1, 0.15) is 11.3 Å². The van der Waals surface area contributed by atoms with Gasteiger partial charge in [0.25, 0.3) is 5.91 Å². The van der Waals surface area contributed by atoms with Crippen LogP contribution in [0.5, 0.6) is 0 Å². The number of amides is 2. The summed E-state index contributed by atoms with van der Waals surface area (Å²) in [5, 5.41) is 11.5. The van der Waals surface area contributed by atoms with Crippen molar-refractivity contribution in [3.63, 3.8) is 0 Å². The molecule has 1 N–H and O–H groups in total. The summed E-state index contributed by atoms with van der Waals surface area (Å²) >= 11 is 4.54. The number of carbonyl (C=O) groups is 2. The summed E-state index contributed by atoms with van der Waals surface area (Å²) in [5.41, 5.74) is -2.61. The number of nitriles is 1. The first kappa shape index (κ1) is 27.5. The van der Waals surface area contributed by atoms with E-state index >= 15 is 0 Å². The van der Waals surface area contributed by atoms with E-state index in [1.165, 1.54) is 30.1 Å². The molecule has 192 valence electrons. The summed E-state index contributed by atoms with van der Waals surface area (Å²) in [4.78, 5) is 28.0. The maximum atomic E-state index is 13.9. The van der Waals surface area contributed by atoms with Gasteiger partial charge in [0.2, 0.25) is 5.91 Å². The summed E-state index contributed by atoms with van der Waals surface area (Å²) in [7, 11) is 1.46. The molecular formula is C25H26F4N4O2S. The summed E-state index contributed by atoms with van der Waals surface area (Å²) < 4.78 is 54.3. The molecule has 1 saturated heterocycles. The third-order valence-corrected chi connectivity index (χ3v) is 6.75. The largest absolute Gasteiger partial charge is 0.417 e. The Morgan fingerprint density at radius 1 is 1.19 bits per heavy atom. The normalized spacial score (nSPS) is 17.8. The van der Waals surface area contributed by atoms with Gasteiger partial charge in [0, 0.05) is 24.8 Å². The van der Waals surface area contributed by atoms with Gasteiger partial charge in [0.05, 0.1) is 22.7 Å². The molecule has 11 heteroatoms. The number of aryl methyl sites for hydroxylation is 1. The Bertz CT molecular complexity index is 1210. The van der Waals surface area contributed by atoms with Gasteiger partial charge in [-0.15, -0.1) is 12.6 Å². The highest BCUT2D eigenvalue weighted by Gasteiger charge is 2.51. The number of thiol groups is 1. The second kappa shape index (κ2) is 10.5. The van der Waals surface area contributed by atoms with Gasteiger partial charge >= 0.3 is 6.18 Å². The Labute approximate surface area is 212 Å². The van der Waals surface area contributed by atoms with Crippen molar-refractivity contribution < 1.29 is 27.2 Å². The maximum absolute atomic E-state index is 13.9. The van der Waals surface area contributed by atoms with Crippen LogP contribution in [0, 0.1) is 17.1 Å². The molecule has 0 aromatic heterocycles. The van der Waals surface area contributed by atoms with Crippen molar-refractivity contribution in [2.24, 2.45) is 0 Å².